The second-order valence-electron chi connectivity index (χ2n) is 6.29. The van der Waals surface area contributed by atoms with Crippen LogP contribution in [-0.2, 0) is 0 Å². The number of aryl methyl sites for hydroxylation is 1. The van der Waals surface area contributed by atoms with Crippen molar-refractivity contribution >= 4 is 11.6 Å². The fraction of sp³-hybridized carbons (Fsp3) is 0.368. The zero-order chi connectivity index (χ0) is 17.8. The van der Waals surface area contributed by atoms with Gasteiger partial charge in [0, 0.05) is 25.0 Å². The van der Waals surface area contributed by atoms with Crippen LogP contribution >= 0.6 is 0 Å². The maximum atomic E-state index is 13.0. The van der Waals surface area contributed by atoms with Gasteiger partial charge in [0.2, 0.25) is 0 Å². The topological polar surface area (TPSA) is 61.0 Å². The number of aromatic amines is 1. The van der Waals surface area contributed by atoms with Crippen molar-refractivity contribution in [3.05, 3.63) is 59.4 Å². The molecule has 0 spiro atoms. The summed E-state index contributed by atoms with van der Waals surface area (Å²) in [5.41, 5.74) is 3.14. The van der Waals surface area contributed by atoms with Gasteiger partial charge in [0.1, 0.15) is 11.6 Å². The van der Waals surface area contributed by atoms with Gasteiger partial charge < -0.3 is 15.2 Å². The summed E-state index contributed by atoms with van der Waals surface area (Å²) in [6.07, 6.45) is 5.33. The van der Waals surface area contributed by atoms with Crippen molar-refractivity contribution in [1.29, 1.82) is 0 Å². The molecule has 1 aliphatic heterocycles. The average molecular weight is 342 g/mol. The van der Waals surface area contributed by atoms with Crippen LogP contribution in [0.3, 0.4) is 0 Å². The van der Waals surface area contributed by atoms with Crippen LogP contribution in [-0.4, -0.2) is 34.0 Å². The third-order valence-electron chi connectivity index (χ3n) is 4.47. The van der Waals surface area contributed by atoms with E-state index in [4.69, 9.17) is 0 Å². The molecule has 2 aromatic rings. The minimum atomic E-state index is -0.236. The van der Waals surface area contributed by atoms with Crippen LogP contribution in [0.2, 0.25) is 0 Å². The summed E-state index contributed by atoms with van der Waals surface area (Å²) in [4.78, 5) is 21.8. The number of imidazole rings is 1. The number of nitrogens with zero attached hydrogens (tertiary/aromatic N) is 2. The molecule has 0 aliphatic carbocycles. The molecule has 0 radical (unpaired) electrons. The molecule has 5 nitrogen and oxygen atoms in total. The second kappa shape index (κ2) is 7.51. The monoisotopic (exact) mass is 342 g/mol. The summed E-state index contributed by atoms with van der Waals surface area (Å²) in [5, 5.41) is 3.04. The van der Waals surface area contributed by atoms with Gasteiger partial charge in [-0.3, -0.25) is 0 Å². The lowest BCUT2D eigenvalue weighted by Crippen LogP contribution is -2.43. The van der Waals surface area contributed by atoms with Gasteiger partial charge >= 0.3 is 6.03 Å². The molecule has 2 amide bonds. The molecule has 25 heavy (non-hydrogen) atoms. The molecular formula is C19H23FN4O. The molecule has 0 saturated carbocycles. The van der Waals surface area contributed by atoms with Crippen molar-refractivity contribution in [3.63, 3.8) is 0 Å². The van der Waals surface area contributed by atoms with E-state index in [1.807, 2.05) is 19.9 Å². The first-order valence-corrected chi connectivity index (χ1v) is 8.58. The molecular weight excluding hydrogens is 319 g/mol. The molecule has 1 unspecified atom stereocenters. The van der Waals surface area contributed by atoms with Crippen molar-refractivity contribution in [3.8, 4) is 0 Å². The number of carbonyl (C=O) groups excluding carboxylic acids is 1. The number of hydrogen-bond acceptors (Lipinski definition) is 2. The third-order valence-corrected chi connectivity index (χ3v) is 4.47. The number of H-pyrrole nitrogens is 1. The van der Waals surface area contributed by atoms with Crippen molar-refractivity contribution in [2.24, 2.45) is 0 Å². The summed E-state index contributed by atoms with van der Waals surface area (Å²) in [7, 11) is 0. The van der Waals surface area contributed by atoms with Gasteiger partial charge in [-0.25, -0.2) is 14.2 Å². The zero-order valence-corrected chi connectivity index (χ0v) is 14.6. The van der Waals surface area contributed by atoms with Gasteiger partial charge in [0.15, 0.2) is 0 Å². The van der Waals surface area contributed by atoms with Gasteiger partial charge in [0.05, 0.1) is 6.04 Å². The van der Waals surface area contributed by atoms with Crippen molar-refractivity contribution in [2.75, 3.05) is 13.1 Å². The average Bonchev–Trinajstić information content (AvgIpc) is 3.06. The Hall–Kier alpha value is -2.63. The van der Waals surface area contributed by atoms with E-state index < -0.39 is 0 Å². The molecule has 2 heterocycles. The number of hydrogen-bond donors (Lipinski definition) is 2. The van der Waals surface area contributed by atoms with E-state index in [2.05, 4.69) is 15.3 Å². The van der Waals surface area contributed by atoms with Crippen LogP contribution < -0.4 is 5.32 Å². The summed E-state index contributed by atoms with van der Waals surface area (Å²) >= 11 is 0. The van der Waals surface area contributed by atoms with Gasteiger partial charge in [-0.05, 0) is 43.0 Å². The fourth-order valence-electron chi connectivity index (χ4n) is 2.99. The molecule has 1 atom stereocenters. The Morgan fingerprint density at radius 3 is 2.72 bits per heavy atom. The lowest BCUT2D eigenvalue weighted by atomic mass is 10.00. The summed E-state index contributed by atoms with van der Waals surface area (Å²) in [5.74, 6) is 0.549. The molecule has 3 rings (SSSR count). The second-order valence-corrected chi connectivity index (χ2v) is 6.29. The third kappa shape index (κ3) is 4.07. The Labute approximate surface area is 147 Å². The van der Waals surface area contributed by atoms with Crippen LogP contribution in [0.5, 0.6) is 0 Å². The Morgan fingerprint density at radius 1 is 1.40 bits per heavy atom. The van der Waals surface area contributed by atoms with E-state index in [1.165, 1.54) is 12.1 Å². The normalized spacial score (nSPS) is 15.6. The standard InChI is InChI=1S/C19H23FN4O/c1-3-17(18-21-12-13(2)22-18)23-19(25)24-10-8-15(9-11-24)14-4-6-16(20)7-5-14/h4-8,12,17H,3,9-11H2,1-2H3,(H,21,22)(H,23,25). The van der Waals surface area contributed by atoms with Crippen LogP contribution in [0.15, 0.2) is 36.5 Å². The quantitative estimate of drug-likeness (QED) is 0.888. The molecule has 1 aliphatic rings. The Balaban J connectivity index is 1.61. The van der Waals surface area contributed by atoms with Crippen molar-refractivity contribution in [2.45, 2.75) is 32.7 Å². The van der Waals surface area contributed by atoms with E-state index >= 15 is 0 Å². The van der Waals surface area contributed by atoms with Crippen LogP contribution in [0.1, 0.15) is 42.9 Å². The first kappa shape index (κ1) is 17.2. The Morgan fingerprint density at radius 2 is 2.16 bits per heavy atom. The smallest absolute Gasteiger partial charge is 0.318 e. The highest BCUT2D eigenvalue weighted by molar-refractivity contribution is 5.77. The first-order chi connectivity index (χ1) is 12.1. The number of carbonyl (C=O) groups is 1. The molecule has 0 fully saturated rings. The number of benzene rings is 1. The fourth-order valence-corrected chi connectivity index (χ4v) is 2.99. The van der Waals surface area contributed by atoms with Crippen molar-refractivity contribution in [1.82, 2.24) is 20.2 Å². The van der Waals surface area contributed by atoms with Crippen LogP contribution in [0.25, 0.3) is 5.57 Å². The predicted molar refractivity (Wildman–Crippen MR) is 95.5 cm³/mol. The van der Waals surface area contributed by atoms with Crippen molar-refractivity contribution < 1.29 is 9.18 Å². The number of nitrogens with one attached hydrogen (secondary N) is 2. The van der Waals surface area contributed by atoms with Gasteiger partial charge in [0.25, 0.3) is 0 Å². The maximum Gasteiger partial charge on any atom is 0.318 e. The van der Waals surface area contributed by atoms with E-state index in [-0.39, 0.29) is 17.9 Å². The number of rotatable bonds is 4. The summed E-state index contributed by atoms with van der Waals surface area (Å²) in [6, 6.07) is 6.28. The lowest BCUT2D eigenvalue weighted by Gasteiger charge is -2.28. The van der Waals surface area contributed by atoms with E-state index in [1.54, 1.807) is 23.2 Å². The molecule has 1 aromatic heterocycles. The highest BCUT2D eigenvalue weighted by Crippen LogP contribution is 2.23. The lowest BCUT2D eigenvalue weighted by molar-refractivity contribution is 0.198. The number of amides is 2. The van der Waals surface area contributed by atoms with E-state index in [9.17, 15) is 9.18 Å². The predicted octanol–water partition coefficient (Wildman–Crippen LogP) is 3.81. The van der Waals surface area contributed by atoms with Gasteiger partial charge in [-0.2, -0.15) is 0 Å². The van der Waals surface area contributed by atoms with Gasteiger partial charge in [-0.15, -0.1) is 0 Å². The molecule has 0 bridgehead atoms. The highest BCUT2D eigenvalue weighted by atomic mass is 19.1. The molecule has 1 aromatic carbocycles. The largest absolute Gasteiger partial charge is 0.344 e. The van der Waals surface area contributed by atoms with E-state index in [0.717, 1.165) is 35.5 Å². The minimum absolute atomic E-state index is 0.0877. The Kier molecular flexibility index (Phi) is 5.16. The SMILES string of the molecule is CCC(NC(=O)N1CC=C(c2ccc(F)cc2)CC1)c1ncc(C)[nH]1. The molecule has 0 saturated heterocycles. The number of aromatic nitrogens is 2. The maximum absolute atomic E-state index is 13.0. The highest BCUT2D eigenvalue weighted by Gasteiger charge is 2.22. The number of halogens is 1. The Bertz CT molecular complexity index is 766. The molecule has 132 valence electrons. The summed E-state index contributed by atoms with van der Waals surface area (Å²) < 4.78 is 13.0. The number of urea groups is 1. The molecule has 6 heteroatoms. The van der Waals surface area contributed by atoms with Gasteiger partial charge in [-0.1, -0.05) is 25.1 Å². The van der Waals surface area contributed by atoms with Crippen LogP contribution in [0.4, 0.5) is 9.18 Å². The minimum Gasteiger partial charge on any atom is -0.344 e. The summed E-state index contributed by atoms with van der Waals surface area (Å²) in [6.45, 7) is 5.15. The van der Waals surface area contributed by atoms with E-state index in [0.29, 0.717) is 13.1 Å². The molecule has 2 N–H and O–H groups in total. The first-order valence-electron chi connectivity index (χ1n) is 8.58. The zero-order valence-electron chi connectivity index (χ0n) is 14.6. The van der Waals surface area contributed by atoms with Crippen LogP contribution in [0, 0.1) is 12.7 Å².